The maximum absolute atomic E-state index is 13.7. The molecule has 0 atom stereocenters. The molecule has 14 heavy (non-hydrogen) atoms. The van der Waals surface area contributed by atoms with E-state index in [0.29, 0.717) is 11.4 Å². The molecule has 0 unspecified atom stereocenters. The molecule has 0 amide bonds. The number of aryl methyl sites for hydroxylation is 1. The number of benzene rings is 1. The van der Waals surface area contributed by atoms with Gasteiger partial charge in [0.15, 0.2) is 0 Å². The molecule has 0 fully saturated rings. The van der Waals surface area contributed by atoms with Crippen molar-refractivity contribution < 1.29 is 4.39 Å². The number of hydrogen-bond acceptors (Lipinski definition) is 0. The Bertz CT molecular complexity index is 468. The van der Waals surface area contributed by atoms with Gasteiger partial charge in [-0.05, 0) is 29.7 Å². The first-order valence-corrected chi connectivity index (χ1v) is 4.84. The van der Waals surface area contributed by atoms with Gasteiger partial charge in [-0.25, -0.2) is 4.39 Å². The molecule has 2 aromatic rings. The predicted octanol–water partition coefficient (Wildman–Crippen LogP) is 3.44. The topological polar surface area (TPSA) is 4.93 Å². The van der Waals surface area contributed by atoms with Gasteiger partial charge in [-0.15, -0.1) is 0 Å². The molecule has 1 heterocycles. The Balaban J connectivity index is 2.74. The molecule has 2 rings (SSSR count). The Labute approximate surface area is 83.2 Å². The van der Waals surface area contributed by atoms with Crippen molar-refractivity contribution in [2.45, 2.75) is 19.8 Å². The van der Waals surface area contributed by atoms with Gasteiger partial charge in [0.05, 0.1) is 5.52 Å². The molecule has 1 aromatic heterocycles. The van der Waals surface area contributed by atoms with Gasteiger partial charge in [-0.3, -0.25) is 0 Å². The standard InChI is InChI=1S/C12H14FN/c1-8(2)10-6-9-4-5-14(3)12(9)11(13)7-10/h4-8H,1-3H3. The second-order valence-electron chi connectivity index (χ2n) is 4.02. The normalized spacial score (nSPS) is 11.5. The van der Waals surface area contributed by atoms with Crippen LogP contribution < -0.4 is 0 Å². The van der Waals surface area contributed by atoms with E-state index in [1.54, 1.807) is 6.07 Å². The minimum atomic E-state index is -0.126. The summed E-state index contributed by atoms with van der Waals surface area (Å²) in [5, 5.41) is 0.983. The lowest BCUT2D eigenvalue weighted by molar-refractivity contribution is 0.628. The van der Waals surface area contributed by atoms with Crippen LogP contribution in [0.25, 0.3) is 10.9 Å². The summed E-state index contributed by atoms with van der Waals surface area (Å²) in [7, 11) is 1.86. The fraction of sp³-hybridized carbons (Fsp3) is 0.333. The molecule has 74 valence electrons. The Morgan fingerprint density at radius 2 is 2.00 bits per heavy atom. The molecule has 0 saturated carbocycles. The summed E-state index contributed by atoms with van der Waals surface area (Å²) in [6.45, 7) is 4.15. The maximum Gasteiger partial charge on any atom is 0.147 e. The highest BCUT2D eigenvalue weighted by Gasteiger charge is 2.08. The van der Waals surface area contributed by atoms with E-state index in [-0.39, 0.29) is 5.82 Å². The van der Waals surface area contributed by atoms with Crippen molar-refractivity contribution in [3.63, 3.8) is 0 Å². The van der Waals surface area contributed by atoms with Crippen molar-refractivity contribution in [1.82, 2.24) is 4.57 Å². The lowest BCUT2D eigenvalue weighted by Gasteiger charge is -2.06. The average molecular weight is 191 g/mol. The van der Waals surface area contributed by atoms with E-state index in [1.807, 2.05) is 23.9 Å². The Kier molecular flexibility index (Phi) is 2.06. The summed E-state index contributed by atoms with van der Waals surface area (Å²) in [6, 6.07) is 5.64. The van der Waals surface area contributed by atoms with Crippen LogP contribution in [0.1, 0.15) is 25.3 Å². The van der Waals surface area contributed by atoms with E-state index in [0.717, 1.165) is 10.9 Å². The zero-order chi connectivity index (χ0) is 10.3. The van der Waals surface area contributed by atoms with Crippen LogP contribution in [-0.4, -0.2) is 4.57 Å². The highest BCUT2D eigenvalue weighted by Crippen LogP contribution is 2.24. The third kappa shape index (κ3) is 1.31. The first-order chi connectivity index (χ1) is 6.59. The monoisotopic (exact) mass is 191 g/mol. The molecule has 1 aromatic carbocycles. The van der Waals surface area contributed by atoms with Crippen molar-refractivity contribution in [2.24, 2.45) is 7.05 Å². The van der Waals surface area contributed by atoms with E-state index in [9.17, 15) is 4.39 Å². The summed E-state index contributed by atoms with van der Waals surface area (Å²) in [4.78, 5) is 0. The zero-order valence-corrected chi connectivity index (χ0v) is 8.71. The van der Waals surface area contributed by atoms with Gasteiger partial charge in [0.2, 0.25) is 0 Å². The van der Waals surface area contributed by atoms with Crippen LogP contribution in [0, 0.1) is 5.82 Å². The summed E-state index contributed by atoms with van der Waals surface area (Å²) < 4.78 is 15.5. The molecule has 0 saturated heterocycles. The lowest BCUT2D eigenvalue weighted by atomic mass is 10.0. The van der Waals surface area contributed by atoms with Gasteiger partial charge in [0.25, 0.3) is 0 Å². The zero-order valence-electron chi connectivity index (χ0n) is 8.71. The molecule has 0 aliphatic carbocycles. The molecule has 0 radical (unpaired) electrons. The highest BCUT2D eigenvalue weighted by atomic mass is 19.1. The number of nitrogens with zero attached hydrogens (tertiary/aromatic N) is 1. The van der Waals surface area contributed by atoms with Gasteiger partial charge >= 0.3 is 0 Å². The summed E-state index contributed by atoms with van der Waals surface area (Å²) >= 11 is 0. The van der Waals surface area contributed by atoms with Gasteiger partial charge < -0.3 is 4.57 Å². The third-order valence-electron chi connectivity index (χ3n) is 2.61. The van der Waals surface area contributed by atoms with Crippen LogP contribution in [0.4, 0.5) is 4.39 Å². The number of aromatic nitrogens is 1. The number of halogens is 1. The molecular formula is C12H14FN. The quantitative estimate of drug-likeness (QED) is 0.650. The van der Waals surface area contributed by atoms with Gasteiger partial charge in [0, 0.05) is 18.6 Å². The smallest absolute Gasteiger partial charge is 0.147 e. The molecule has 0 N–H and O–H groups in total. The SMILES string of the molecule is CC(C)c1cc(F)c2c(ccn2C)c1. The molecule has 0 aliphatic rings. The Hall–Kier alpha value is -1.31. The van der Waals surface area contributed by atoms with Crippen molar-refractivity contribution in [2.75, 3.05) is 0 Å². The van der Waals surface area contributed by atoms with Crippen LogP contribution in [0.15, 0.2) is 24.4 Å². The van der Waals surface area contributed by atoms with Crippen LogP contribution >= 0.6 is 0 Å². The molecule has 0 aliphatic heterocycles. The van der Waals surface area contributed by atoms with Gasteiger partial charge in [-0.1, -0.05) is 13.8 Å². The average Bonchev–Trinajstić information content (AvgIpc) is 2.48. The van der Waals surface area contributed by atoms with E-state index in [4.69, 9.17) is 0 Å². The molecule has 0 spiro atoms. The van der Waals surface area contributed by atoms with Crippen LogP contribution in [-0.2, 0) is 7.05 Å². The fourth-order valence-electron chi connectivity index (χ4n) is 1.74. The largest absolute Gasteiger partial charge is 0.348 e. The minimum absolute atomic E-state index is 0.126. The van der Waals surface area contributed by atoms with Crippen LogP contribution in [0.2, 0.25) is 0 Å². The number of rotatable bonds is 1. The second-order valence-corrected chi connectivity index (χ2v) is 4.02. The molecule has 1 nitrogen and oxygen atoms in total. The summed E-state index contributed by atoms with van der Waals surface area (Å²) in [5.41, 5.74) is 1.75. The van der Waals surface area contributed by atoms with E-state index >= 15 is 0 Å². The molecular weight excluding hydrogens is 177 g/mol. The number of fused-ring (bicyclic) bond motifs is 1. The lowest BCUT2D eigenvalue weighted by Crippen LogP contribution is -1.92. The molecule has 0 bridgehead atoms. The second kappa shape index (κ2) is 3.12. The summed E-state index contributed by atoms with van der Waals surface area (Å²) in [6.07, 6.45) is 1.89. The Morgan fingerprint density at radius 1 is 1.29 bits per heavy atom. The Morgan fingerprint density at radius 3 is 2.64 bits per heavy atom. The fourth-order valence-corrected chi connectivity index (χ4v) is 1.74. The third-order valence-corrected chi connectivity index (χ3v) is 2.61. The van der Waals surface area contributed by atoms with Crippen molar-refractivity contribution in [1.29, 1.82) is 0 Å². The van der Waals surface area contributed by atoms with Gasteiger partial charge in [0.1, 0.15) is 5.82 Å². The number of hydrogen-bond donors (Lipinski definition) is 0. The highest BCUT2D eigenvalue weighted by molar-refractivity contribution is 5.81. The van der Waals surface area contributed by atoms with Gasteiger partial charge in [-0.2, -0.15) is 0 Å². The first kappa shape index (κ1) is 9.25. The summed E-state index contributed by atoms with van der Waals surface area (Å²) in [5.74, 6) is 0.243. The van der Waals surface area contributed by atoms with Crippen molar-refractivity contribution in [3.05, 3.63) is 35.8 Å². The van der Waals surface area contributed by atoms with E-state index in [1.165, 1.54) is 0 Å². The van der Waals surface area contributed by atoms with E-state index < -0.39 is 0 Å². The van der Waals surface area contributed by atoms with Crippen LogP contribution in [0.5, 0.6) is 0 Å². The minimum Gasteiger partial charge on any atom is -0.348 e. The molecule has 2 heteroatoms. The van der Waals surface area contributed by atoms with E-state index in [2.05, 4.69) is 19.9 Å². The predicted molar refractivity (Wildman–Crippen MR) is 57.0 cm³/mol. The van der Waals surface area contributed by atoms with Crippen molar-refractivity contribution >= 4 is 10.9 Å². The van der Waals surface area contributed by atoms with Crippen molar-refractivity contribution in [3.8, 4) is 0 Å². The van der Waals surface area contributed by atoms with Crippen LogP contribution in [0.3, 0.4) is 0 Å². The first-order valence-electron chi connectivity index (χ1n) is 4.84. The maximum atomic E-state index is 13.7.